The van der Waals surface area contributed by atoms with Crippen LogP contribution in [0.15, 0.2) is 90.5 Å². The summed E-state index contributed by atoms with van der Waals surface area (Å²) in [5.74, 6) is 0.116. The molecule has 0 aliphatic heterocycles. The van der Waals surface area contributed by atoms with E-state index in [1.165, 1.54) is 38.0 Å². The zero-order chi connectivity index (χ0) is 31.6. The molecule has 0 saturated carbocycles. The molecule has 0 aliphatic rings. The minimum absolute atomic E-state index is 0.0751. The zero-order valence-electron chi connectivity index (χ0n) is 23.9. The molecular formula is C29H26N8O7S. The van der Waals surface area contributed by atoms with E-state index < -0.39 is 16.1 Å². The summed E-state index contributed by atoms with van der Waals surface area (Å²) in [6.07, 6.45) is 5.12. The second kappa shape index (κ2) is 14.0. The van der Waals surface area contributed by atoms with Crippen molar-refractivity contribution < 1.29 is 32.2 Å². The van der Waals surface area contributed by atoms with Gasteiger partial charge >= 0.3 is 6.09 Å². The van der Waals surface area contributed by atoms with Crippen molar-refractivity contribution in [3.8, 4) is 34.8 Å². The molecule has 0 spiro atoms. The van der Waals surface area contributed by atoms with Crippen LogP contribution < -0.4 is 24.2 Å². The molecule has 2 N–H and O–H groups in total. The highest BCUT2D eigenvalue weighted by atomic mass is 32.2. The molecule has 5 rings (SSSR count). The smallest absolute Gasteiger partial charge is 0.412 e. The van der Waals surface area contributed by atoms with Gasteiger partial charge < -0.3 is 18.9 Å². The van der Waals surface area contributed by atoms with Crippen molar-refractivity contribution >= 4 is 27.8 Å². The van der Waals surface area contributed by atoms with Gasteiger partial charge in [0.2, 0.25) is 11.6 Å². The fourth-order valence-electron chi connectivity index (χ4n) is 3.66. The van der Waals surface area contributed by atoms with Crippen molar-refractivity contribution in [3.63, 3.8) is 0 Å². The van der Waals surface area contributed by atoms with Crippen LogP contribution in [-0.4, -0.2) is 64.7 Å². The number of carbonyl (C=O) groups is 1. The molecule has 0 bridgehead atoms. The Labute approximate surface area is 257 Å². The fraction of sp³-hybridized carbons (Fsp3) is 0.138. The van der Waals surface area contributed by atoms with E-state index in [9.17, 15) is 13.2 Å². The van der Waals surface area contributed by atoms with Crippen molar-refractivity contribution in [2.24, 2.45) is 0 Å². The van der Waals surface area contributed by atoms with E-state index >= 15 is 0 Å². The SMILES string of the molecule is COc1ccccc1Oc1c(NS(=O)(=O)c2ccc(C)cn2)nc(-c2ncccn2)nc1OCCOC(=O)Nc1ccccn1. The second-order valence-electron chi connectivity index (χ2n) is 8.96. The summed E-state index contributed by atoms with van der Waals surface area (Å²) in [6.45, 7) is 1.35. The Kier molecular flexibility index (Phi) is 9.54. The van der Waals surface area contributed by atoms with E-state index in [0.29, 0.717) is 11.6 Å². The number of aryl methyl sites for hydroxylation is 1. The molecule has 1 aromatic carbocycles. The molecule has 0 fully saturated rings. The summed E-state index contributed by atoms with van der Waals surface area (Å²) in [4.78, 5) is 37.4. The van der Waals surface area contributed by atoms with E-state index in [-0.39, 0.29) is 53.1 Å². The van der Waals surface area contributed by atoms with Gasteiger partial charge in [-0.15, -0.1) is 0 Å². The standard InChI is InChI=1S/C29H26N8O7S/c1-19-11-12-23(33-18-19)45(39,40)37-25-24(44-21-9-4-3-8-20(21)41-2)28(36-27(35-25)26-31-14-7-15-32-26)42-16-17-43-29(38)34-22-10-5-6-13-30-22/h3-15,18H,16-17H2,1-2H3,(H,30,34,38)(H,35,36,37). The normalized spacial score (nSPS) is 10.9. The molecule has 5 aromatic rings. The summed E-state index contributed by atoms with van der Waals surface area (Å²) in [5.41, 5.74) is 0.770. The molecule has 0 atom stereocenters. The number of amides is 1. The minimum Gasteiger partial charge on any atom is -0.493 e. The molecule has 0 aliphatic carbocycles. The van der Waals surface area contributed by atoms with E-state index in [1.54, 1.807) is 61.5 Å². The van der Waals surface area contributed by atoms with Crippen LogP contribution in [0.1, 0.15) is 5.56 Å². The predicted molar refractivity (Wildman–Crippen MR) is 161 cm³/mol. The number of hydrogen-bond donors (Lipinski definition) is 2. The van der Waals surface area contributed by atoms with Crippen LogP contribution >= 0.6 is 0 Å². The maximum Gasteiger partial charge on any atom is 0.412 e. The second-order valence-corrected chi connectivity index (χ2v) is 10.6. The van der Waals surface area contributed by atoms with Gasteiger partial charge in [0.25, 0.3) is 15.9 Å². The van der Waals surface area contributed by atoms with Crippen molar-refractivity contribution in [1.82, 2.24) is 29.9 Å². The van der Waals surface area contributed by atoms with Crippen molar-refractivity contribution in [1.29, 1.82) is 0 Å². The first-order valence-electron chi connectivity index (χ1n) is 13.3. The van der Waals surface area contributed by atoms with E-state index in [4.69, 9.17) is 18.9 Å². The lowest BCUT2D eigenvalue weighted by molar-refractivity contribution is 0.135. The first kappa shape index (κ1) is 30.6. The molecule has 15 nitrogen and oxygen atoms in total. The van der Waals surface area contributed by atoms with Crippen LogP contribution in [0.4, 0.5) is 16.4 Å². The maximum absolute atomic E-state index is 13.4. The number of para-hydroxylation sites is 2. The summed E-state index contributed by atoms with van der Waals surface area (Å²) in [7, 11) is -2.83. The van der Waals surface area contributed by atoms with Gasteiger partial charge in [0.05, 0.1) is 7.11 Å². The topological polar surface area (TPSA) is 190 Å². The summed E-state index contributed by atoms with van der Waals surface area (Å²) >= 11 is 0. The number of methoxy groups -OCH3 is 1. The summed E-state index contributed by atoms with van der Waals surface area (Å²) < 4.78 is 51.9. The first-order valence-corrected chi connectivity index (χ1v) is 14.7. The lowest BCUT2D eigenvalue weighted by Gasteiger charge is -2.18. The van der Waals surface area contributed by atoms with Crippen molar-refractivity contribution in [2.45, 2.75) is 11.9 Å². The average Bonchev–Trinajstić information content (AvgIpc) is 3.05. The number of nitrogens with zero attached hydrogens (tertiary/aromatic N) is 6. The van der Waals surface area contributed by atoms with Crippen LogP contribution in [0.25, 0.3) is 11.6 Å². The quantitative estimate of drug-likeness (QED) is 0.186. The summed E-state index contributed by atoms with van der Waals surface area (Å²) in [6, 6.07) is 16.2. The van der Waals surface area contributed by atoms with Crippen LogP contribution in [0.2, 0.25) is 0 Å². The van der Waals surface area contributed by atoms with Gasteiger partial charge in [-0.2, -0.15) is 13.4 Å². The number of carbonyl (C=O) groups excluding carboxylic acids is 1. The average molecular weight is 631 g/mol. The Morgan fingerprint density at radius 1 is 0.822 bits per heavy atom. The molecule has 1 amide bonds. The first-order chi connectivity index (χ1) is 21.8. The number of aromatic nitrogens is 6. The number of sulfonamides is 1. The molecule has 45 heavy (non-hydrogen) atoms. The third-order valence-corrected chi connectivity index (χ3v) is 6.98. The van der Waals surface area contributed by atoms with Crippen LogP contribution in [-0.2, 0) is 14.8 Å². The van der Waals surface area contributed by atoms with Crippen molar-refractivity contribution in [3.05, 3.63) is 91.0 Å². The number of nitrogens with one attached hydrogen (secondary N) is 2. The molecule has 230 valence electrons. The Bertz CT molecular complexity index is 1860. The molecule has 4 heterocycles. The molecule has 0 saturated heterocycles. The van der Waals surface area contributed by atoms with Gasteiger partial charge in [-0.1, -0.05) is 24.3 Å². The monoisotopic (exact) mass is 630 g/mol. The van der Waals surface area contributed by atoms with Gasteiger partial charge in [0, 0.05) is 24.8 Å². The Balaban J connectivity index is 1.50. The van der Waals surface area contributed by atoms with Gasteiger partial charge in [0.15, 0.2) is 28.2 Å². The Hall–Kier alpha value is -5.90. The highest BCUT2D eigenvalue weighted by molar-refractivity contribution is 7.92. The largest absolute Gasteiger partial charge is 0.493 e. The number of rotatable bonds is 12. The molecule has 0 unspecified atom stereocenters. The number of pyridine rings is 2. The number of ether oxygens (including phenoxy) is 4. The van der Waals surface area contributed by atoms with Crippen molar-refractivity contribution in [2.75, 3.05) is 30.4 Å². The summed E-state index contributed by atoms with van der Waals surface area (Å²) in [5, 5.41) is 2.23. The van der Waals surface area contributed by atoms with E-state index in [1.807, 2.05) is 0 Å². The molecular weight excluding hydrogens is 604 g/mol. The molecule has 16 heteroatoms. The predicted octanol–water partition coefficient (Wildman–Crippen LogP) is 4.26. The van der Waals surface area contributed by atoms with Gasteiger partial charge in [-0.3, -0.25) is 10.0 Å². The van der Waals surface area contributed by atoms with Crippen LogP contribution in [0.5, 0.6) is 23.1 Å². The van der Waals surface area contributed by atoms with Gasteiger partial charge in [-0.05, 0) is 48.9 Å². The van der Waals surface area contributed by atoms with E-state index in [0.717, 1.165) is 5.56 Å². The Morgan fingerprint density at radius 2 is 1.58 bits per heavy atom. The Morgan fingerprint density at radius 3 is 2.29 bits per heavy atom. The third kappa shape index (κ3) is 7.94. The molecule has 0 radical (unpaired) electrons. The van der Waals surface area contributed by atoms with E-state index in [2.05, 4.69) is 39.9 Å². The maximum atomic E-state index is 13.4. The minimum atomic E-state index is -4.28. The van der Waals surface area contributed by atoms with Gasteiger partial charge in [-0.25, -0.2) is 29.7 Å². The lowest BCUT2D eigenvalue weighted by atomic mass is 10.3. The zero-order valence-corrected chi connectivity index (χ0v) is 24.8. The number of benzene rings is 1. The number of hydrogen-bond acceptors (Lipinski definition) is 13. The fourth-order valence-corrected chi connectivity index (χ4v) is 4.60. The van der Waals surface area contributed by atoms with Crippen LogP contribution in [0, 0.1) is 6.92 Å². The third-order valence-electron chi connectivity index (χ3n) is 5.72. The molecule has 4 aromatic heterocycles. The lowest BCUT2D eigenvalue weighted by Crippen LogP contribution is -2.19. The highest BCUT2D eigenvalue weighted by Gasteiger charge is 2.26. The number of anilines is 2. The van der Waals surface area contributed by atoms with Gasteiger partial charge in [0.1, 0.15) is 19.0 Å². The van der Waals surface area contributed by atoms with Crippen LogP contribution in [0.3, 0.4) is 0 Å². The highest BCUT2D eigenvalue weighted by Crippen LogP contribution is 2.41.